The third-order valence-corrected chi connectivity index (χ3v) is 5.77. The summed E-state index contributed by atoms with van der Waals surface area (Å²) in [5.74, 6) is 1.40. The molecule has 2 rings (SSSR count). The summed E-state index contributed by atoms with van der Waals surface area (Å²) in [4.78, 5) is 38.5. The van der Waals surface area contributed by atoms with Crippen molar-refractivity contribution >= 4 is 23.1 Å². The van der Waals surface area contributed by atoms with Gasteiger partial charge in [-0.2, -0.15) is 0 Å². The zero-order valence-electron chi connectivity index (χ0n) is 14.1. The van der Waals surface area contributed by atoms with E-state index in [1.165, 1.54) is 4.90 Å². The number of thioether (sulfide) groups is 1. The fourth-order valence-corrected chi connectivity index (χ4v) is 4.33. The molecule has 0 aromatic heterocycles. The standard InChI is InChI=1S/C15H25N3O6S/c19-14-16-13(10-25-14)17(15(20)21)9-12-6-4-11(5-7-12)3-1-2-8-24-18(22)23/h11-13H,1-10H2,(H,16,19)(H,20,21). The number of rotatable bonds is 9. The third-order valence-electron chi connectivity index (χ3n) is 4.90. The highest BCUT2D eigenvalue weighted by Crippen LogP contribution is 2.33. The fraction of sp³-hybridized carbons (Fsp3) is 0.867. The number of hydrogen-bond donors (Lipinski definition) is 2. The van der Waals surface area contributed by atoms with Gasteiger partial charge in [-0.3, -0.25) is 9.69 Å². The summed E-state index contributed by atoms with van der Waals surface area (Å²) >= 11 is 1.12. The molecule has 2 aliphatic rings. The number of unbranched alkanes of at least 4 members (excludes halogenated alkanes) is 1. The van der Waals surface area contributed by atoms with Crippen molar-refractivity contribution in [2.45, 2.75) is 51.1 Å². The van der Waals surface area contributed by atoms with Crippen LogP contribution in [0.25, 0.3) is 0 Å². The smallest absolute Gasteiger partial charge is 0.408 e. The molecule has 1 atom stereocenters. The van der Waals surface area contributed by atoms with Crippen LogP contribution >= 0.6 is 11.8 Å². The Morgan fingerprint density at radius 1 is 1.32 bits per heavy atom. The Balaban J connectivity index is 1.66. The van der Waals surface area contributed by atoms with Crippen LogP contribution in [0.5, 0.6) is 0 Å². The summed E-state index contributed by atoms with van der Waals surface area (Å²) in [6, 6.07) is 0. The molecule has 0 bridgehead atoms. The molecule has 9 nitrogen and oxygen atoms in total. The molecule has 1 aliphatic heterocycles. The van der Waals surface area contributed by atoms with Gasteiger partial charge < -0.3 is 15.3 Å². The minimum atomic E-state index is -0.985. The van der Waals surface area contributed by atoms with Gasteiger partial charge >= 0.3 is 6.09 Å². The van der Waals surface area contributed by atoms with E-state index in [-0.39, 0.29) is 11.8 Å². The number of nitrogens with one attached hydrogen (secondary N) is 1. The summed E-state index contributed by atoms with van der Waals surface area (Å²) in [5.41, 5.74) is 0. The van der Waals surface area contributed by atoms with E-state index in [0.717, 1.165) is 50.3 Å². The van der Waals surface area contributed by atoms with E-state index in [1.54, 1.807) is 0 Å². The van der Waals surface area contributed by atoms with Crippen molar-refractivity contribution in [3.8, 4) is 0 Å². The maximum Gasteiger partial charge on any atom is 0.408 e. The molecular weight excluding hydrogens is 350 g/mol. The zero-order valence-corrected chi connectivity index (χ0v) is 14.9. The van der Waals surface area contributed by atoms with Gasteiger partial charge in [0.15, 0.2) is 0 Å². The van der Waals surface area contributed by atoms with Crippen LogP contribution in [0, 0.1) is 22.0 Å². The Bertz CT molecular complexity index is 484. The lowest BCUT2D eigenvalue weighted by atomic mass is 9.79. The van der Waals surface area contributed by atoms with Crippen LogP contribution in [0.1, 0.15) is 44.9 Å². The predicted octanol–water partition coefficient (Wildman–Crippen LogP) is 2.93. The Labute approximate surface area is 150 Å². The predicted molar refractivity (Wildman–Crippen MR) is 91.8 cm³/mol. The highest BCUT2D eigenvalue weighted by molar-refractivity contribution is 8.13. The first-order chi connectivity index (χ1) is 12.0. The molecule has 2 amide bonds. The van der Waals surface area contributed by atoms with Gasteiger partial charge in [-0.1, -0.05) is 37.4 Å². The monoisotopic (exact) mass is 375 g/mol. The molecule has 1 aliphatic carbocycles. The number of carboxylic acid groups (broad SMARTS) is 1. The maximum absolute atomic E-state index is 11.5. The molecule has 1 heterocycles. The molecule has 0 spiro atoms. The average molecular weight is 375 g/mol. The summed E-state index contributed by atoms with van der Waals surface area (Å²) in [6.07, 6.45) is 5.30. The van der Waals surface area contributed by atoms with Crippen molar-refractivity contribution < 1.29 is 24.6 Å². The normalized spacial score (nSPS) is 26.1. The third kappa shape index (κ3) is 6.60. The number of nitrogens with zero attached hydrogens (tertiary/aromatic N) is 2. The first kappa shape index (κ1) is 19.6. The van der Waals surface area contributed by atoms with Crippen LogP contribution in [0.15, 0.2) is 0 Å². The summed E-state index contributed by atoms with van der Waals surface area (Å²) < 4.78 is 0. The molecule has 0 radical (unpaired) electrons. The quantitative estimate of drug-likeness (QED) is 0.361. The van der Waals surface area contributed by atoms with Gasteiger partial charge in [-0.05, 0) is 31.1 Å². The Kier molecular flexibility index (Phi) is 7.60. The van der Waals surface area contributed by atoms with Crippen LogP contribution in [0.2, 0.25) is 0 Å². The van der Waals surface area contributed by atoms with E-state index >= 15 is 0 Å². The lowest BCUT2D eigenvalue weighted by Gasteiger charge is -2.33. The van der Waals surface area contributed by atoms with Crippen molar-refractivity contribution in [3.05, 3.63) is 10.1 Å². The lowest BCUT2D eigenvalue weighted by Crippen LogP contribution is -2.49. The molecule has 10 heteroatoms. The minimum Gasteiger partial charge on any atom is -0.465 e. The van der Waals surface area contributed by atoms with Crippen LogP contribution in [-0.4, -0.2) is 51.5 Å². The van der Waals surface area contributed by atoms with Gasteiger partial charge in [0.05, 0.1) is 6.61 Å². The first-order valence-electron chi connectivity index (χ1n) is 8.66. The van der Waals surface area contributed by atoms with Crippen LogP contribution < -0.4 is 5.32 Å². The molecule has 142 valence electrons. The van der Waals surface area contributed by atoms with Gasteiger partial charge in [0.2, 0.25) is 0 Å². The van der Waals surface area contributed by atoms with Gasteiger partial charge in [-0.25, -0.2) is 4.79 Å². The summed E-state index contributed by atoms with van der Waals surface area (Å²) in [5, 5.41) is 21.2. The zero-order chi connectivity index (χ0) is 18.2. The minimum absolute atomic E-state index is 0.154. The van der Waals surface area contributed by atoms with Crippen molar-refractivity contribution in [1.29, 1.82) is 0 Å². The number of hydrogen-bond acceptors (Lipinski definition) is 6. The largest absolute Gasteiger partial charge is 0.465 e. The molecular formula is C15H25N3O6S. The van der Waals surface area contributed by atoms with E-state index in [1.807, 2.05) is 0 Å². The SMILES string of the molecule is O=C1NC(N(CC2CCC(CCCCO[N+](=O)[O-])CC2)C(=O)O)CS1. The van der Waals surface area contributed by atoms with Gasteiger partial charge in [0, 0.05) is 12.3 Å². The fourth-order valence-electron chi connectivity index (χ4n) is 3.54. The average Bonchev–Trinajstić information content (AvgIpc) is 2.99. The van der Waals surface area contributed by atoms with E-state index in [9.17, 15) is 24.8 Å². The second-order valence-electron chi connectivity index (χ2n) is 6.63. The molecule has 1 unspecified atom stereocenters. The first-order valence-corrected chi connectivity index (χ1v) is 9.64. The highest BCUT2D eigenvalue weighted by atomic mass is 32.2. The van der Waals surface area contributed by atoms with E-state index in [0.29, 0.717) is 30.6 Å². The van der Waals surface area contributed by atoms with Crippen LogP contribution in [0.4, 0.5) is 9.59 Å². The molecule has 1 saturated carbocycles. The molecule has 2 fully saturated rings. The van der Waals surface area contributed by atoms with Crippen LogP contribution in [0.3, 0.4) is 0 Å². The molecule has 1 saturated heterocycles. The maximum atomic E-state index is 11.5. The Morgan fingerprint density at radius 2 is 2.00 bits per heavy atom. The van der Waals surface area contributed by atoms with Crippen molar-refractivity contribution in [2.24, 2.45) is 11.8 Å². The van der Waals surface area contributed by atoms with Gasteiger partial charge in [0.25, 0.3) is 10.3 Å². The topological polar surface area (TPSA) is 122 Å². The van der Waals surface area contributed by atoms with E-state index in [4.69, 9.17) is 0 Å². The number of carbonyl (C=O) groups excluding carboxylic acids is 1. The van der Waals surface area contributed by atoms with Crippen molar-refractivity contribution in [2.75, 3.05) is 18.9 Å². The second-order valence-corrected chi connectivity index (χ2v) is 7.63. The summed E-state index contributed by atoms with van der Waals surface area (Å²) in [6.45, 7) is 0.616. The van der Waals surface area contributed by atoms with Crippen LogP contribution in [-0.2, 0) is 4.84 Å². The summed E-state index contributed by atoms with van der Waals surface area (Å²) in [7, 11) is 0. The molecule has 0 aromatic rings. The molecule has 0 aromatic carbocycles. The lowest BCUT2D eigenvalue weighted by molar-refractivity contribution is -0.757. The van der Waals surface area contributed by atoms with Crippen molar-refractivity contribution in [3.63, 3.8) is 0 Å². The molecule has 2 N–H and O–H groups in total. The molecule has 25 heavy (non-hydrogen) atoms. The second kappa shape index (κ2) is 9.69. The number of amides is 2. The van der Waals surface area contributed by atoms with Gasteiger partial charge in [-0.15, -0.1) is 10.1 Å². The van der Waals surface area contributed by atoms with E-state index < -0.39 is 17.3 Å². The van der Waals surface area contributed by atoms with E-state index in [2.05, 4.69) is 10.2 Å². The Hall–Kier alpha value is -1.71. The van der Waals surface area contributed by atoms with Crippen molar-refractivity contribution in [1.82, 2.24) is 10.2 Å². The number of carbonyl (C=O) groups is 2. The highest BCUT2D eigenvalue weighted by Gasteiger charge is 2.33. The van der Waals surface area contributed by atoms with Gasteiger partial charge in [0.1, 0.15) is 6.17 Å². The Morgan fingerprint density at radius 3 is 2.56 bits per heavy atom.